The van der Waals surface area contributed by atoms with Crippen molar-refractivity contribution >= 4 is 12.6 Å². The molecule has 82 valence electrons. The molecule has 1 rings (SSSR count). The summed E-state index contributed by atoms with van der Waals surface area (Å²) < 4.78 is 0. The summed E-state index contributed by atoms with van der Waals surface area (Å²) in [7, 11) is 0. The average Bonchev–Trinajstić information content (AvgIpc) is 2.32. The van der Waals surface area contributed by atoms with Gasteiger partial charge in [0.25, 0.3) is 0 Å². The van der Waals surface area contributed by atoms with Crippen LogP contribution < -0.4 is 0 Å². The van der Waals surface area contributed by atoms with Crippen molar-refractivity contribution in [3.05, 3.63) is 12.2 Å². The van der Waals surface area contributed by atoms with E-state index in [0.29, 0.717) is 11.2 Å². The first-order chi connectivity index (χ1) is 6.49. The summed E-state index contributed by atoms with van der Waals surface area (Å²) in [5, 5.41) is 0.576. The Bertz CT molecular complexity index is 209. The fraction of sp³-hybridized carbons (Fsp3) is 0.846. The van der Waals surface area contributed by atoms with Gasteiger partial charge in [0.15, 0.2) is 0 Å². The monoisotopic (exact) mass is 212 g/mol. The maximum Gasteiger partial charge on any atom is 0.00790 e. The molecule has 1 aliphatic rings. The number of hydrogen-bond acceptors (Lipinski definition) is 1. The number of thiol groups is 1. The number of rotatable bonds is 3. The Morgan fingerprint density at radius 2 is 2.00 bits per heavy atom. The van der Waals surface area contributed by atoms with Crippen LogP contribution >= 0.6 is 12.6 Å². The molecule has 1 fully saturated rings. The SMILES string of the molecule is C=C(C)C(CC)C1C(C)CC(C)C1S. The molecule has 1 saturated carbocycles. The summed E-state index contributed by atoms with van der Waals surface area (Å²) in [6.07, 6.45) is 2.55. The Labute approximate surface area is 94.6 Å². The second-order valence-corrected chi connectivity index (χ2v) is 5.72. The van der Waals surface area contributed by atoms with Crippen LogP contribution in [0.1, 0.15) is 40.5 Å². The standard InChI is InChI=1S/C13H24S/c1-6-11(8(2)3)12-9(4)7-10(5)13(12)14/h9-14H,2,6-7H2,1,3-5H3. The molecule has 5 atom stereocenters. The molecule has 1 aliphatic carbocycles. The van der Waals surface area contributed by atoms with Gasteiger partial charge in [-0.15, -0.1) is 0 Å². The minimum absolute atomic E-state index is 0.576. The van der Waals surface area contributed by atoms with Crippen molar-refractivity contribution in [3.8, 4) is 0 Å². The lowest BCUT2D eigenvalue weighted by molar-refractivity contribution is 0.309. The topological polar surface area (TPSA) is 0 Å². The van der Waals surface area contributed by atoms with Gasteiger partial charge in [0.1, 0.15) is 0 Å². The van der Waals surface area contributed by atoms with Gasteiger partial charge in [0.2, 0.25) is 0 Å². The van der Waals surface area contributed by atoms with Crippen LogP contribution in [0.2, 0.25) is 0 Å². The van der Waals surface area contributed by atoms with Gasteiger partial charge in [-0.1, -0.05) is 32.9 Å². The van der Waals surface area contributed by atoms with Crippen molar-refractivity contribution in [2.24, 2.45) is 23.7 Å². The Kier molecular flexibility index (Phi) is 4.12. The second kappa shape index (κ2) is 4.74. The minimum atomic E-state index is 0.576. The third-order valence-electron chi connectivity index (χ3n) is 3.92. The van der Waals surface area contributed by atoms with Crippen LogP contribution in [0.4, 0.5) is 0 Å². The summed E-state index contributed by atoms with van der Waals surface area (Å²) in [4.78, 5) is 0. The molecule has 5 unspecified atom stereocenters. The molecule has 0 saturated heterocycles. The molecule has 0 amide bonds. The molecule has 0 bridgehead atoms. The van der Waals surface area contributed by atoms with Crippen molar-refractivity contribution in [1.82, 2.24) is 0 Å². The summed E-state index contributed by atoms with van der Waals surface area (Å²) in [5.41, 5.74) is 1.34. The molecule has 1 heteroatoms. The van der Waals surface area contributed by atoms with E-state index in [1.807, 2.05) is 0 Å². The zero-order chi connectivity index (χ0) is 10.9. The van der Waals surface area contributed by atoms with Crippen LogP contribution in [-0.2, 0) is 0 Å². The van der Waals surface area contributed by atoms with Gasteiger partial charge in [0, 0.05) is 5.25 Å². The minimum Gasteiger partial charge on any atom is -0.175 e. The largest absolute Gasteiger partial charge is 0.175 e. The first-order valence-corrected chi connectivity index (χ1v) is 6.34. The molecule has 0 heterocycles. The molecule has 0 aromatic carbocycles. The average molecular weight is 212 g/mol. The van der Waals surface area contributed by atoms with Gasteiger partial charge in [0.05, 0.1) is 0 Å². The third-order valence-corrected chi connectivity index (χ3v) is 4.77. The molecule has 0 nitrogen and oxygen atoms in total. The molecule has 14 heavy (non-hydrogen) atoms. The van der Waals surface area contributed by atoms with Crippen LogP contribution in [0.5, 0.6) is 0 Å². The summed E-state index contributed by atoms with van der Waals surface area (Å²) in [6.45, 7) is 13.3. The normalized spacial score (nSPS) is 39.8. The third kappa shape index (κ3) is 2.18. The van der Waals surface area contributed by atoms with E-state index in [4.69, 9.17) is 12.6 Å². The van der Waals surface area contributed by atoms with Gasteiger partial charge in [-0.25, -0.2) is 0 Å². The molecule has 0 spiro atoms. The number of allylic oxidation sites excluding steroid dienone is 1. The fourth-order valence-corrected chi connectivity index (χ4v) is 3.81. The Morgan fingerprint density at radius 1 is 1.43 bits per heavy atom. The highest BCUT2D eigenvalue weighted by Gasteiger charge is 2.40. The zero-order valence-corrected chi connectivity index (χ0v) is 10.8. The maximum atomic E-state index is 4.79. The highest BCUT2D eigenvalue weighted by molar-refractivity contribution is 7.81. The van der Waals surface area contributed by atoms with Gasteiger partial charge >= 0.3 is 0 Å². The van der Waals surface area contributed by atoms with Crippen molar-refractivity contribution in [1.29, 1.82) is 0 Å². The van der Waals surface area contributed by atoms with Gasteiger partial charge in [-0.05, 0) is 43.4 Å². The molecular weight excluding hydrogens is 188 g/mol. The van der Waals surface area contributed by atoms with Crippen molar-refractivity contribution in [3.63, 3.8) is 0 Å². The Balaban J connectivity index is 2.79. The highest BCUT2D eigenvalue weighted by Crippen LogP contribution is 2.46. The molecular formula is C13H24S. The van der Waals surface area contributed by atoms with E-state index in [1.165, 1.54) is 18.4 Å². The van der Waals surface area contributed by atoms with Crippen LogP contribution in [0.3, 0.4) is 0 Å². The quantitative estimate of drug-likeness (QED) is 0.526. The van der Waals surface area contributed by atoms with Gasteiger partial charge < -0.3 is 0 Å². The molecule has 0 aromatic heterocycles. The summed E-state index contributed by atoms with van der Waals surface area (Å²) in [5.74, 6) is 3.01. The van der Waals surface area contributed by atoms with Crippen LogP contribution in [-0.4, -0.2) is 5.25 Å². The molecule has 0 radical (unpaired) electrons. The summed E-state index contributed by atoms with van der Waals surface area (Å²) in [6, 6.07) is 0. The molecule has 0 aromatic rings. The van der Waals surface area contributed by atoms with Crippen LogP contribution in [0.25, 0.3) is 0 Å². The second-order valence-electron chi connectivity index (χ2n) is 5.12. The van der Waals surface area contributed by atoms with E-state index in [1.54, 1.807) is 0 Å². The maximum absolute atomic E-state index is 4.79. The summed E-state index contributed by atoms with van der Waals surface area (Å²) >= 11 is 4.79. The van der Waals surface area contributed by atoms with Crippen molar-refractivity contribution in [2.75, 3.05) is 0 Å². The molecule has 0 aliphatic heterocycles. The molecule has 0 N–H and O–H groups in total. The van der Waals surface area contributed by atoms with Crippen molar-refractivity contribution < 1.29 is 0 Å². The predicted octanol–water partition coefficient (Wildman–Crippen LogP) is 4.18. The first-order valence-electron chi connectivity index (χ1n) is 5.82. The van der Waals surface area contributed by atoms with Gasteiger partial charge in [-0.3, -0.25) is 0 Å². The van der Waals surface area contributed by atoms with Crippen molar-refractivity contribution in [2.45, 2.75) is 45.8 Å². The van der Waals surface area contributed by atoms with Crippen LogP contribution in [0, 0.1) is 23.7 Å². The first kappa shape index (κ1) is 12.2. The lowest BCUT2D eigenvalue weighted by atomic mass is 9.79. The van der Waals surface area contributed by atoms with E-state index in [2.05, 4.69) is 34.3 Å². The van der Waals surface area contributed by atoms with E-state index in [0.717, 1.165) is 17.8 Å². The van der Waals surface area contributed by atoms with Gasteiger partial charge in [-0.2, -0.15) is 12.6 Å². The number of hydrogen-bond donors (Lipinski definition) is 1. The van der Waals surface area contributed by atoms with E-state index in [9.17, 15) is 0 Å². The zero-order valence-electron chi connectivity index (χ0n) is 9.96. The van der Waals surface area contributed by atoms with E-state index in [-0.39, 0.29) is 0 Å². The lowest BCUT2D eigenvalue weighted by Crippen LogP contribution is -2.25. The highest BCUT2D eigenvalue weighted by atomic mass is 32.1. The fourth-order valence-electron chi connectivity index (χ4n) is 3.18. The van der Waals surface area contributed by atoms with E-state index < -0.39 is 0 Å². The van der Waals surface area contributed by atoms with Crippen LogP contribution in [0.15, 0.2) is 12.2 Å². The Morgan fingerprint density at radius 3 is 2.29 bits per heavy atom. The van der Waals surface area contributed by atoms with E-state index >= 15 is 0 Å². The predicted molar refractivity (Wildman–Crippen MR) is 67.8 cm³/mol. The Hall–Kier alpha value is 0.0900. The lowest BCUT2D eigenvalue weighted by Gasteiger charge is -2.30. The smallest absolute Gasteiger partial charge is 0.00790 e.